The molecule has 2 aliphatic carbocycles. The predicted molar refractivity (Wildman–Crippen MR) is 96.8 cm³/mol. The summed E-state index contributed by atoms with van der Waals surface area (Å²) in [6.07, 6.45) is 8.96. The van der Waals surface area contributed by atoms with E-state index in [9.17, 15) is 9.90 Å². The summed E-state index contributed by atoms with van der Waals surface area (Å²) in [5.74, 6) is -0.125. The summed E-state index contributed by atoms with van der Waals surface area (Å²) in [5, 5.41) is 9.95. The summed E-state index contributed by atoms with van der Waals surface area (Å²) >= 11 is 1.26. The smallest absolute Gasteiger partial charge is 0.347 e. The average Bonchev–Trinajstić information content (AvgIpc) is 3.32. The van der Waals surface area contributed by atoms with Gasteiger partial charge in [-0.3, -0.25) is 0 Å². The summed E-state index contributed by atoms with van der Waals surface area (Å²) in [6, 6.07) is 4.55. The second-order valence-corrected chi connectivity index (χ2v) is 7.68. The van der Waals surface area contributed by atoms with E-state index < -0.39 is 5.97 Å². The highest BCUT2D eigenvalue weighted by atomic mass is 32.1. The van der Waals surface area contributed by atoms with Crippen LogP contribution in [0.25, 0.3) is 0 Å². The summed E-state index contributed by atoms with van der Waals surface area (Å²) in [6.45, 7) is 2.90. The van der Waals surface area contributed by atoms with E-state index in [1.54, 1.807) is 11.1 Å². The Hall–Kier alpha value is -1.88. The summed E-state index contributed by atoms with van der Waals surface area (Å²) in [7, 11) is 0. The first-order chi connectivity index (χ1) is 11.7. The molecule has 0 amide bonds. The first-order valence-corrected chi connectivity index (χ1v) is 9.62. The number of hydrogen-bond donors (Lipinski definition) is 1. The van der Waals surface area contributed by atoms with Crippen LogP contribution in [0.15, 0.2) is 18.3 Å². The number of carboxylic acids is 1. The largest absolute Gasteiger partial charge is 0.477 e. The van der Waals surface area contributed by atoms with Gasteiger partial charge in [0.05, 0.1) is 6.20 Å². The Labute approximate surface area is 146 Å². The Balaban J connectivity index is 1.77. The lowest BCUT2D eigenvalue weighted by Gasteiger charge is -2.28. The first-order valence-electron chi connectivity index (χ1n) is 8.80. The molecule has 1 saturated carbocycles. The second kappa shape index (κ2) is 6.20. The van der Waals surface area contributed by atoms with Crippen LogP contribution in [0.4, 0.5) is 10.8 Å². The van der Waals surface area contributed by atoms with Crippen molar-refractivity contribution in [3.63, 3.8) is 0 Å². The Bertz CT molecular complexity index is 780. The maximum Gasteiger partial charge on any atom is 0.347 e. The number of hydrogen-bond acceptors (Lipinski definition) is 4. The van der Waals surface area contributed by atoms with Gasteiger partial charge in [0.15, 0.2) is 5.13 Å². The Morgan fingerprint density at radius 3 is 2.67 bits per heavy atom. The molecular formula is C19H22N2O2S. The lowest BCUT2D eigenvalue weighted by Crippen LogP contribution is -2.20. The third-order valence-corrected chi connectivity index (χ3v) is 6.11. The molecule has 0 spiro atoms. The van der Waals surface area contributed by atoms with Crippen molar-refractivity contribution in [3.8, 4) is 0 Å². The lowest BCUT2D eigenvalue weighted by atomic mass is 9.85. The van der Waals surface area contributed by atoms with E-state index in [2.05, 4.69) is 28.9 Å². The number of thiazole rings is 1. The SMILES string of the molecule is CCN(c1ncc(C(=O)O)s1)c1ccc(C2CC2)c2c1CCCC2. The van der Waals surface area contributed by atoms with Gasteiger partial charge in [-0.25, -0.2) is 9.78 Å². The van der Waals surface area contributed by atoms with Gasteiger partial charge < -0.3 is 10.0 Å². The molecule has 0 unspecified atom stereocenters. The van der Waals surface area contributed by atoms with Gasteiger partial charge in [-0.05, 0) is 74.1 Å². The highest BCUT2D eigenvalue weighted by molar-refractivity contribution is 7.17. The fourth-order valence-corrected chi connectivity index (χ4v) is 4.64. The number of anilines is 2. The van der Waals surface area contributed by atoms with Crippen LogP contribution >= 0.6 is 11.3 Å². The Kier molecular flexibility index (Phi) is 4.04. The minimum Gasteiger partial charge on any atom is -0.477 e. The maximum absolute atomic E-state index is 11.2. The molecule has 2 aliphatic rings. The zero-order chi connectivity index (χ0) is 16.7. The molecule has 1 heterocycles. The molecule has 1 N–H and O–H groups in total. The van der Waals surface area contributed by atoms with E-state index in [1.807, 2.05) is 0 Å². The van der Waals surface area contributed by atoms with Crippen LogP contribution in [0.3, 0.4) is 0 Å². The van der Waals surface area contributed by atoms with Crippen molar-refractivity contribution in [2.75, 3.05) is 11.4 Å². The molecule has 1 aromatic heterocycles. The van der Waals surface area contributed by atoms with Gasteiger partial charge >= 0.3 is 5.97 Å². The Morgan fingerprint density at radius 1 is 1.29 bits per heavy atom. The van der Waals surface area contributed by atoms with Crippen molar-refractivity contribution in [3.05, 3.63) is 39.9 Å². The van der Waals surface area contributed by atoms with Gasteiger partial charge in [0.1, 0.15) is 4.88 Å². The molecule has 0 saturated heterocycles. The van der Waals surface area contributed by atoms with Gasteiger partial charge in [-0.15, -0.1) is 0 Å². The topological polar surface area (TPSA) is 53.4 Å². The van der Waals surface area contributed by atoms with Crippen LogP contribution in [-0.2, 0) is 12.8 Å². The molecule has 2 aromatic rings. The predicted octanol–water partition coefficient (Wildman–Crippen LogP) is 4.76. The molecule has 0 bridgehead atoms. The second-order valence-electron chi connectivity index (χ2n) is 6.67. The van der Waals surface area contributed by atoms with Gasteiger partial charge in [-0.2, -0.15) is 0 Å². The maximum atomic E-state index is 11.2. The summed E-state index contributed by atoms with van der Waals surface area (Å²) in [5.41, 5.74) is 5.83. The van der Waals surface area contributed by atoms with E-state index in [0.29, 0.717) is 4.88 Å². The quantitative estimate of drug-likeness (QED) is 0.851. The number of rotatable bonds is 5. The van der Waals surface area contributed by atoms with Crippen LogP contribution in [-0.4, -0.2) is 22.6 Å². The van der Waals surface area contributed by atoms with Gasteiger partial charge in [0, 0.05) is 12.2 Å². The summed E-state index contributed by atoms with van der Waals surface area (Å²) < 4.78 is 0. The zero-order valence-electron chi connectivity index (χ0n) is 13.9. The molecule has 126 valence electrons. The molecule has 1 aromatic carbocycles. The molecule has 24 heavy (non-hydrogen) atoms. The van der Waals surface area contributed by atoms with Crippen LogP contribution in [0.5, 0.6) is 0 Å². The standard InChI is InChI=1S/C19H22N2O2S/c1-2-21(19-20-11-17(24-19)18(22)23)16-10-9-13(12-7-8-12)14-5-3-4-6-15(14)16/h9-12H,2-8H2,1H3,(H,22,23). The molecule has 0 atom stereocenters. The molecule has 0 radical (unpaired) electrons. The fourth-order valence-electron chi connectivity index (χ4n) is 3.80. The minimum absolute atomic E-state index is 0.298. The zero-order valence-corrected chi connectivity index (χ0v) is 14.7. The Morgan fingerprint density at radius 2 is 2.04 bits per heavy atom. The molecule has 0 aliphatic heterocycles. The van der Waals surface area contributed by atoms with E-state index in [4.69, 9.17) is 0 Å². The van der Waals surface area contributed by atoms with Crippen LogP contribution < -0.4 is 4.90 Å². The highest BCUT2D eigenvalue weighted by Gasteiger charge is 2.30. The van der Waals surface area contributed by atoms with Crippen molar-refractivity contribution in [1.82, 2.24) is 4.98 Å². The number of aromatic nitrogens is 1. The average molecular weight is 342 g/mol. The number of fused-ring (bicyclic) bond motifs is 1. The molecule has 4 rings (SSSR count). The molecule has 1 fully saturated rings. The van der Waals surface area contributed by atoms with E-state index >= 15 is 0 Å². The monoisotopic (exact) mass is 342 g/mol. The third kappa shape index (κ3) is 2.71. The van der Waals surface area contributed by atoms with E-state index in [1.165, 1.54) is 60.9 Å². The summed E-state index contributed by atoms with van der Waals surface area (Å²) in [4.78, 5) is 18.0. The van der Waals surface area contributed by atoms with Gasteiger partial charge in [0.2, 0.25) is 0 Å². The van der Waals surface area contributed by atoms with E-state index in [0.717, 1.165) is 24.0 Å². The number of carboxylic acid groups (broad SMARTS) is 1. The normalized spacial score (nSPS) is 16.7. The number of carbonyl (C=O) groups is 1. The molecule has 4 nitrogen and oxygen atoms in total. The van der Waals surface area contributed by atoms with Gasteiger partial charge in [0.25, 0.3) is 0 Å². The molecular weight excluding hydrogens is 320 g/mol. The van der Waals surface area contributed by atoms with Crippen molar-refractivity contribution in [1.29, 1.82) is 0 Å². The lowest BCUT2D eigenvalue weighted by molar-refractivity contribution is 0.0702. The van der Waals surface area contributed by atoms with Crippen molar-refractivity contribution < 1.29 is 9.90 Å². The molecule has 5 heteroatoms. The van der Waals surface area contributed by atoms with Crippen molar-refractivity contribution in [2.45, 2.75) is 51.4 Å². The fraction of sp³-hybridized carbons (Fsp3) is 0.474. The minimum atomic E-state index is -0.902. The van der Waals surface area contributed by atoms with Crippen molar-refractivity contribution >= 4 is 28.1 Å². The first kappa shape index (κ1) is 15.6. The van der Waals surface area contributed by atoms with Crippen LogP contribution in [0, 0.1) is 0 Å². The highest BCUT2D eigenvalue weighted by Crippen LogP contribution is 2.46. The van der Waals surface area contributed by atoms with Crippen LogP contribution in [0.1, 0.15) is 64.9 Å². The van der Waals surface area contributed by atoms with E-state index in [-0.39, 0.29) is 0 Å². The van der Waals surface area contributed by atoms with Crippen molar-refractivity contribution in [2.24, 2.45) is 0 Å². The third-order valence-electron chi connectivity index (χ3n) is 5.11. The number of nitrogens with zero attached hydrogens (tertiary/aromatic N) is 2. The van der Waals surface area contributed by atoms with Crippen LogP contribution in [0.2, 0.25) is 0 Å². The van der Waals surface area contributed by atoms with Gasteiger partial charge in [-0.1, -0.05) is 17.4 Å². The number of aromatic carboxylic acids is 1. The number of benzene rings is 1.